The fourth-order valence-electron chi connectivity index (χ4n) is 0.605. The lowest BCUT2D eigenvalue weighted by molar-refractivity contribution is 0.149. The Bertz CT molecular complexity index is 205. The van der Waals surface area contributed by atoms with Crippen LogP contribution in [0.4, 0.5) is 0 Å². The molecular weight excluding hydrogens is 177 g/mol. The molecule has 0 N–H and O–H groups in total. The van der Waals surface area contributed by atoms with E-state index in [0.717, 1.165) is 0 Å². The summed E-state index contributed by atoms with van der Waals surface area (Å²) in [6.07, 6.45) is -0.521. The number of rotatable bonds is 4. The Hall–Kier alpha value is -0.360. The lowest BCUT2D eigenvalue weighted by Gasteiger charge is -2.10. The summed E-state index contributed by atoms with van der Waals surface area (Å²) in [6, 6.07) is 0. The van der Waals surface area contributed by atoms with E-state index in [0.29, 0.717) is 0 Å². The summed E-state index contributed by atoms with van der Waals surface area (Å²) in [5, 5.41) is 0. The second-order valence-corrected chi connectivity index (χ2v) is 4.44. The summed E-state index contributed by atoms with van der Waals surface area (Å²) >= 11 is 0. The third-order valence-electron chi connectivity index (χ3n) is 0.811. The van der Waals surface area contributed by atoms with Crippen molar-refractivity contribution in [2.75, 3.05) is 0 Å². The lowest BCUT2D eigenvalue weighted by atomic mass is 10.5. The predicted molar refractivity (Wildman–Crippen MR) is 46.7 cm³/mol. The zero-order valence-electron chi connectivity index (χ0n) is 7.77. The average Bonchev–Trinajstić information content (AvgIpc) is 1.83. The molecule has 0 aromatic heterocycles. The minimum atomic E-state index is -3.52. The van der Waals surface area contributed by atoms with Gasteiger partial charge in [0.25, 0.3) is 0 Å². The Kier molecular flexibility index (Phi) is 4.47. The number of hydrogen-bond donors (Lipinski definition) is 0. The van der Waals surface area contributed by atoms with Gasteiger partial charge in [-0.1, -0.05) is 0 Å². The van der Waals surface area contributed by atoms with E-state index in [-0.39, 0.29) is 12.2 Å². The SMILES string of the molecule is [C-]#[N+]P(=O)(OC(C)C)OC(C)C. The summed E-state index contributed by atoms with van der Waals surface area (Å²) in [7, 11) is -3.52. The molecule has 0 heterocycles. The van der Waals surface area contributed by atoms with Gasteiger partial charge in [-0.15, -0.1) is 0 Å². The molecule has 0 unspecified atom stereocenters. The summed E-state index contributed by atoms with van der Waals surface area (Å²) in [6.45, 7) is 13.5. The van der Waals surface area contributed by atoms with Crippen molar-refractivity contribution in [2.24, 2.45) is 0 Å². The van der Waals surface area contributed by atoms with Crippen LogP contribution in [0.15, 0.2) is 0 Å². The van der Waals surface area contributed by atoms with Gasteiger partial charge >= 0.3 is 7.75 Å². The maximum Gasteiger partial charge on any atom is 0.694 e. The molecule has 0 aromatic rings. The monoisotopic (exact) mass is 191 g/mol. The van der Waals surface area contributed by atoms with Crippen LogP contribution in [0, 0.1) is 6.57 Å². The molecule has 0 radical (unpaired) electrons. The maximum atomic E-state index is 11.4. The largest absolute Gasteiger partial charge is 0.694 e. The molecule has 0 saturated carbocycles. The second-order valence-electron chi connectivity index (χ2n) is 2.88. The van der Waals surface area contributed by atoms with Crippen LogP contribution >= 0.6 is 7.75 Å². The van der Waals surface area contributed by atoms with Crippen LogP contribution in [0.3, 0.4) is 0 Å². The molecule has 0 amide bonds. The smallest absolute Gasteiger partial charge is 0.242 e. The highest BCUT2D eigenvalue weighted by Crippen LogP contribution is 2.51. The Balaban J connectivity index is 4.29. The van der Waals surface area contributed by atoms with Crippen molar-refractivity contribution in [3.05, 3.63) is 11.2 Å². The number of nitrogens with zero attached hydrogens (tertiary/aromatic N) is 1. The highest BCUT2D eigenvalue weighted by atomic mass is 31.2. The molecule has 0 bridgehead atoms. The molecule has 0 aromatic carbocycles. The molecule has 70 valence electrons. The minimum absolute atomic E-state index is 0.260. The van der Waals surface area contributed by atoms with Gasteiger partial charge in [-0.25, -0.2) is 20.2 Å². The fraction of sp³-hybridized carbons (Fsp3) is 0.857. The van der Waals surface area contributed by atoms with Gasteiger partial charge in [-0.2, -0.15) is 4.57 Å². The van der Waals surface area contributed by atoms with E-state index in [1.165, 1.54) is 0 Å². The fourth-order valence-corrected chi connectivity index (χ4v) is 1.81. The van der Waals surface area contributed by atoms with E-state index in [4.69, 9.17) is 15.6 Å². The van der Waals surface area contributed by atoms with Crippen LogP contribution in [0.1, 0.15) is 27.7 Å². The third kappa shape index (κ3) is 4.50. The van der Waals surface area contributed by atoms with E-state index in [2.05, 4.69) is 4.62 Å². The molecule has 0 spiro atoms. The zero-order valence-corrected chi connectivity index (χ0v) is 8.67. The van der Waals surface area contributed by atoms with Gasteiger partial charge in [-0.05, 0) is 27.7 Å². The van der Waals surface area contributed by atoms with Crippen LogP contribution < -0.4 is 0 Å². The first-order chi connectivity index (χ1) is 5.39. The molecule has 5 heteroatoms. The second kappa shape index (κ2) is 4.61. The Morgan fingerprint density at radius 1 is 1.17 bits per heavy atom. The van der Waals surface area contributed by atoms with Gasteiger partial charge in [0.2, 0.25) is 0 Å². The lowest BCUT2D eigenvalue weighted by Crippen LogP contribution is -2.05. The first-order valence-corrected chi connectivity index (χ1v) is 5.25. The van der Waals surface area contributed by atoms with Crippen molar-refractivity contribution in [3.8, 4) is 0 Å². The maximum absolute atomic E-state index is 11.4. The van der Waals surface area contributed by atoms with Crippen LogP contribution in [-0.4, -0.2) is 12.2 Å². The van der Waals surface area contributed by atoms with Gasteiger partial charge < -0.3 is 0 Å². The van der Waals surface area contributed by atoms with Gasteiger partial charge in [0.05, 0.1) is 12.2 Å². The van der Waals surface area contributed by atoms with Crippen LogP contribution in [0.25, 0.3) is 4.62 Å². The van der Waals surface area contributed by atoms with Crippen LogP contribution in [-0.2, 0) is 13.6 Å². The van der Waals surface area contributed by atoms with Crippen molar-refractivity contribution in [1.29, 1.82) is 0 Å². The van der Waals surface area contributed by atoms with Crippen molar-refractivity contribution >= 4 is 7.75 Å². The standard InChI is InChI=1S/C7H14NO3P/c1-6(2)10-12(9,8-5)11-7(3)4/h6-7H,1-4H3. The van der Waals surface area contributed by atoms with Crippen molar-refractivity contribution in [2.45, 2.75) is 39.9 Å². The summed E-state index contributed by atoms with van der Waals surface area (Å²) in [4.78, 5) is 0. The molecule has 4 nitrogen and oxygen atoms in total. The van der Waals surface area contributed by atoms with E-state index in [1.54, 1.807) is 27.7 Å². The molecule has 0 aliphatic rings. The number of hydrogen-bond acceptors (Lipinski definition) is 3. The quantitative estimate of drug-likeness (QED) is 0.506. The molecule has 0 aliphatic heterocycles. The first-order valence-electron chi connectivity index (χ1n) is 3.75. The molecule has 0 aliphatic carbocycles. The summed E-state index contributed by atoms with van der Waals surface area (Å²) < 4.78 is 24.0. The van der Waals surface area contributed by atoms with Crippen molar-refractivity contribution in [1.82, 2.24) is 0 Å². The van der Waals surface area contributed by atoms with E-state index >= 15 is 0 Å². The summed E-state index contributed by atoms with van der Waals surface area (Å²) in [5.74, 6) is 0. The molecule has 0 saturated heterocycles. The molecule has 0 rings (SSSR count). The molecule has 0 fully saturated rings. The highest BCUT2D eigenvalue weighted by molar-refractivity contribution is 7.56. The third-order valence-corrected chi connectivity index (χ3v) is 2.43. The van der Waals surface area contributed by atoms with Crippen LogP contribution in [0.5, 0.6) is 0 Å². The van der Waals surface area contributed by atoms with E-state index in [9.17, 15) is 4.57 Å². The molecule has 0 atom stereocenters. The van der Waals surface area contributed by atoms with Gasteiger partial charge in [0.1, 0.15) is 0 Å². The molecular formula is C7H14NO3P. The van der Waals surface area contributed by atoms with Gasteiger partial charge in [0, 0.05) is 0 Å². The van der Waals surface area contributed by atoms with E-state index < -0.39 is 7.75 Å². The Labute approximate surface area is 73.3 Å². The highest BCUT2D eigenvalue weighted by Gasteiger charge is 2.36. The van der Waals surface area contributed by atoms with Crippen LogP contribution in [0.2, 0.25) is 0 Å². The van der Waals surface area contributed by atoms with Gasteiger partial charge in [-0.3, -0.25) is 0 Å². The van der Waals surface area contributed by atoms with Crippen molar-refractivity contribution < 1.29 is 13.6 Å². The van der Waals surface area contributed by atoms with Gasteiger partial charge in [0.15, 0.2) is 0 Å². The van der Waals surface area contributed by atoms with Crippen molar-refractivity contribution in [3.63, 3.8) is 0 Å². The van der Waals surface area contributed by atoms with E-state index in [1.807, 2.05) is 0 Å². The first kappa shape index (κ1) is 11.6. The average molecular weight is 191 g/mol. The normalized spacial score (nSPS) is 12.1. The molecule has 12 heavy (non-hydrogen) atoms. The predicted octanol–water partition coefficient (Wildman–Crippen LogP) is 2.86. The summed E-state index contributed by atoms with van der Waals surface area (Å²) in [5.41, 5.74) is 0. The Morgan fingerprint density at radius 3 is 1.67 bits per heavy atom. The zero-order chi connectivity index (χ0) is 9.78. The topological polar surface area (TPSA) is 39.9 Å². The Morgan fingerprint density at radius 2 is 1.50 bits per heavy atom. The minimum Gasteiger partial charge on any atom is -0.242 e.